The van der Waals surface area contributed by atoms with Crippen LogP contribution in [0.2, 0.25) is 0 Å². The molecule has 0 unspecified atom stereocenters. The van der Waals surface area contributed by atoms with Crippen molar-refractivity contribution in [1.29, 1.82) is 0 Å². The molecule has 0 aliphatic carbocycles. The van der Waals surface area contributed by atoms with E-state index in [1.807, 2.05) is 4.90 Å². The Morgan fingerprint density at radius 2 is 2.47 bits per heavy atom. The average molecular weight is 286 g/mol. The zero-order valence-corrected chi connectivity index (χ0v) is 11.6. The summed E-state index contributed by atoms with van der Waals surface area (Å²) in [4.78, 5) is 17.7. The molecule has 1 aromatic heterocycles. The Morgan fingerprint density at radius 3 is 3.16 bits per heavy atom. The van der Waals surface area contributed by atoms with Crippen LogP contribution in [0.1, 0.15) is 28.8 Å². The lowest BCUT2D eigenvalue weighted by Gasteiger charge is -2.20. The Labute approximate surface area is 115 Å². The third kappa shape index (κ3) is 3.50. The van der Waals surface area contributed by atoms with E-state index in [4.69, 9.17) is 4.74 Å². The highest BCUT2D eigenvalue weighted by molar-refractivity contribution is 7.09. The van der Waals surface area contributed by atoms with Crippen LogP contribution >= 0.6 is 11.3 Å². The van der Waals surface area contributed by atoms with Crippen LogP contribution in [-0.4, -0.2) is 58.0 Å². The summed E-state index contributed by atoms with van der Waals surface area (Å²) in [5.41, 5.74) is 0.321. The molecular formula is C12H18N2O4S. The molecule has 1 aromatic rings. The van der Waals surface area contributed by atoms with Gasteiger partial charge in [-0.3, -0.25) is 4.90 Å². The van der Waals surface area contributed by atoms with E-state index >= 15 is 0 Å². The first-order valence-corrected chi connectivity index (χ1v) is 7.16. The average Bonchev–Trinajstić information content (AvgIpc) is 2.97. The van der Waals surface area contributed by atoms with Crippen LogP contribution in [0.4, 0.5) is 0 Å². The molecule has 0 bridgehead atoms. The maximum Gasteiger partial charge on any atom is 0.357 e. The van der Waals surface area contributed by atoms with Crippen molar-refractivity contribution in [1.82, 2.24) is 9.88 Å². The predicted molar refractivity (Wildman–Crippen MR) is 70.0 cm³/mol. The summed E-state index contributed by atoms with van der Waals surface area (Å²) in [6.07, 6.45) is 0.175. The quantitative estimate of drug-likeness (QED) is 0.755. The Balaban J connectivity index is 1.98. The van der Waals surface area contributed by atoms with Crippen LogP contribution in [0.15, 0.2) is 5.38 Å². The second kappa shape index (κ2) is 6.42. The van der Waals surface area contributed by atoms with E-state index in [9.17, 15) is 15.0 Å². The number of aromatic nitrogens is 1. The van der Waals surface area contributed by atoms with E-state index in [0.717, 1.165) is 5.01 Å². The minimum Gasteiger partial charge on any atom is -0.461 e. The number of thiazole rings is 1. The van der Waals surface area contributed by atoms with Gasteiger partial charge in [-0.25, -0.2) is 9.78 Å². The molecule has 6 nitrogen and oxygen atoms in total. The third-order valence-electron chi connectivity index (χ3n) is 3.09. The number of hydrogen-bond acceptors (Lipinski definition) is 7. The number of carbonyl (C=O) groups excluding carboxylic acids is 1. The van der Waals surface area contributed by atoms with Gasteiger partial charge in [-0.15, -0.1) is 11.3 Å². The summed E-state index contributed by atoms with van der Waals surface area (Å²) < 4.78 is 4.88. The van der Waals surface area contributed by atoms with Gasteiger partial charge in [0, 0.05) is 18.0 Å². The molecule has 0 saturated carbocycles. The van der Waals surface area contributed by atoms with Crippen molar-refractivity contribution in [3.8, 4) is 0 Å². The summed E-state index contributed by atoms with van der Waals surface area (Å²) in [6, 6.07) is -0.0371. The fourth-order valence-electron chi connectivity index (χ4n) is 2.20. The normalized spacial score (nSPS) is 23.7. The number of β-amino-alcohol motifs (C(OH)–C–C–N with tert-alkyl or cyclic N) is 1. The van der Waals surface area contributed by atoms with Crippen molar-refractivity contribution in [2.45, 2.75) is 32.0 Å². The van der Waals surface area contributed by atoms with E-state index in [1.54, 1.807) is 12.3 Å². The molecule has 0 spiro atoms. The van der Waals surface area contributed by atoms with E-state index in [0.29, 0.717) is 31.8 Å². The first kappa shape index (κ1) is 14.4. The lowest BCUT2D eigenvalue weighted by Crippen LogP contribution is -2.31. The predicted octanol–water partition coefficient (Wildman–Crippen LogP) is 0.247. The summed E-state index contributed by atoms with van der Waals surface area (Å²) in [5.74, 6) is -0.412. The van der Waals surface area contributed by atoms with Gasteiger partial charge in [-0.05, 0) is 13.3 Å². The van der Waals surface area contributed by atoms with E-state index < -0.39 is 12.1 Å². The number of carbonyl (C=O) groups is 1. The lowest BCUT2D eigenvalue weighted by atomic mass is 10.2. The second-order valence-corrected chi connectivity index (χ2v) is 5.44. The molecule has 2 heterocycles. The standard InChI is InChI=1S/C12H18N2O4S/c1-2-18-12(17)10-7-19-11(13-10)5-14-4-9(16)3-8(14)6-15/h7-9,15-16H,2-6H2,1H3/t8-,9-/m0/s1. The Morgan fingerprint density at radius 1 is 1.68 bits per heavy atom. The van der Waals surface area contributed by atoms with E-state index in [2.05, 4.69) is 4.98 Å². The number of hydrogen-bond donors (Lipinski definition) is 2. The van der Waals surface area contributed by atoms with Gasteiger partial charge < -0.3 is 14.9 Å². The van der Waals surface area contributed by atoms with Gasteiger partial charge in [0.05, 0.1) is 25.9 Å². The molecule has 19 heavy (non-hydrogen) atoms. The van der Waals surface area contributed by atoms with Crippen LogP contribution in [0, 0.1) is 0 Å². The number of nitrogens with zero attached hydrogens (tertiary/aromatic N) is 2. The maximum absolute atomic E-state index is 11.5. The number of ether oxygens (including phenoxy) is 1. The van der Waals surface area contributed by atoms with Crippen molar-refractivity contribution < 1.29 is 19.7 Å². The SMILES string of the molecule is CCOC(=O)c1csc(CN2C[C@@H](O)C[C@H]2CO)n1. The molecule has 0 aromatic carbocycles. The molecule has 0 amide bonds. The largest absolute Gasteiger partial charge is 0.461 e. The van der Waals surface area contributed by atoms with E-state index in [-0.39, 0.29) is 12.6 Å². The van der Waals surface area contributed by atoms with Gasteiger partial charge in [0.2, 0.25) is 0 Å². The molecule has 1 aliphatic rings. The van der Waals surface area contributed by atoms with Crippen LogP contribution in [0.5, 0.6) is 0 Å². The number of rotatable bonds is 5. The molecule has 0 radical (unpaired) electrons. The van der Waals surface area contributed by atoms with Crippen molar-refractivity contribution >= 4 is 17.3 Å². The molecule has 7 heteroatoms. The molecule has 2 atom stereocenters. The highest BCUT2D eigenvalue weighted by atomic mass is 32.1. The van der Waals surface area contributed by atoms with Crippen molar-refractivity contribution in [3.05, 3.63) is 16.1 Å². The topological polar surface area (TPSA) is 82.9 Å². The number of likely N-dealkylation sites (tertiary alicyclic amines) is 1. The van der Waals surface area contributed by atoms with Gasteiger partial charge in [0.1, 0.15) is 5.01 Å². The van der Waals surface area contributed by atoms with Crippen molar-refractivity contribution in [2.75, 3.05) is 19.8 Å². The summed E-state index contributed by atoms with van der Waals surface area (Å²) >= 11 is 1.39. The molecule has 2 rings (SSSR count). The minimum atomic E-state index is -0.412. The van der Waals surface area contributed by atoms with Crippen LogP contribution in [0.3, 0.4) is 0 Å². The summed E-state index contributed by atoms with van der Waals surface area (Å²) in [6.45, 7) is 3.16. The zero-order chi connectivity index (χ0) is 13.8. The molecule has 2 N–H and O–H groups in total. The van der Waals surface area contributed by atoms with Gasteiger partial charge in [-0.1, -0.05) is 0 Å². The molecule has 1 fully saturated rings. The molecular weight excluding hydrogens is 268 g/mol. The highest BCUT2D eigenvalue weighted by Crippen LogP contribution is 2.22. The van der Waals surface area contributed by atoms with Crippen LogP contribution in [-0.2, 0) is 11.3 Å². The monoisotopic (exact) mass is 286 g/mol. The van der Waals surface area contributed by atoms with Crippen molar-refractivity contribution in [3.63, 3.8) is 0 Å². The number of aliphatic hydroxyl groups excluding tert-OH is 2. The molecule has 1 saturated heterocycles. The van der Waals surface area contributed by atoms with Crippen LogP contribution < -0.4 is 0 Å². The number of esters is 1. The fraction of sp³-hybridized carbons (Fsp3) is 0.667. The zero-order valence-electron chi connectivity index (χ0n) is 10.8. The molecule has 106 valence electrons. The van der Waals surface area contributed by atoms with E-state index in [1.165, 1.54) is 11.3 Å². The Bertz CT molecular complexity index is 437. The second-order valence-electron chi connectivity index (χ2n) is 4.50. The number of aliphatic hydroxyl groups is 2. The third-order valence-corrected chi connectivity index (χ3v) is 3.92. The van der Waals surface area contributed by atoms with Gasteiger partial charge >= 0.3 is 5.97 Å². The highest BCUT2D eigenvalue weighted by Gasteiger charge is 2.30. The fourth-order valence-corrected chi connectivity index (χ4v) is 2.99. The smallest absolute Gasteiger partial charge is 0.357 e. The summed E-state index contributed by atoms with van der Waals surface area (Å²) in [5, 5.41) is 21.3. The minimum absolute atomic E-state index is 0.0210. The van der Waals surface area contributed by atoms with Gasteiger partial charge in [0.15, 0.2) is 5.69 Å². The first-order chi connectivity index (χ1) is 9.13. The van der Waals surface area contributed by atoms with Gasteiger partial charge in [-0.2, -0.15) is 0 Å². The first-order valence-electron chi connectivity index (χ1n) is 6.28. The van der Waals surface area contributed by atoms with Gasteiger partial charge in [0.25, 0.3) is 0 Å². The lowest BCUT2D eigenvalue weighted by molar-refractivity contribution is 0.0519. The van der Waals surface area contributed by atoms with Crippen molar-refractivity contribution in [2.24, 2.45) is 0 Å². The Hall–Kier alpha value is -1.02. The Kier molecular flexibility index (Phi) is 4.87. The summed E-state index contributed by atoms with van der Waals surface area (Å²) in [7, 11) is 0. The molecule has 1 aliphatic heterocycles. The maximum atomic E-state index is 11.5. The van der Waals surface area contributed by atoms with Crippen LogP contribution in [0.25, 0.3) is 0 Å².